The summed E-state index contributed by atoms with van der Waals surface area (Å²) in [6.07, 6.45) is 11.0. The maximum Gasteiger partial charge on any atom is 0.237 e. The highest BCUT2D eigenvalue weighted by molar-refractivity contribution is 5.81. The predicted molar refractivity (Wildman–Crippen MR) is 110 cm³/mol. The van der Waals surface area contributed by atoms with Crippen LogP contribution in [0, 0.1) is 5.92 Å². The Labute approximate surface area is 171 Å². The van der Waals surface area contributed by atoms with Crippen molar-refractivity contribution >= 4 is 5.91 Å². The Morgan fingerprint density at radius 1 is 1.14 bits per heavy atom. The molecule has 1 aliphatic carbocycles. The van der Waals surface area contributed by atoms with Crippen LogP contribution in [0.25, 0.3) is 5.69 Å². The Bertz CT molecular complexity index is 813. The summed E-state index contributed by atoms with van der Waals surface area (Å²) in [5.41, 5.74) is 8.54. The molecule has 4 rings (SSSR count). The molecule has 2 heterocycles. The zero-order valence-corrected chi connectivity index (χ0v) is 16.9. The zero-order chi connectivity index (χ0) is 20.2. The lowest BCUT2D eigenvalue weighted by Crippen LogP contribution is -2.45. The number of benzene rings is 1. The smallest absolute Gasteiger partial charge is 0.237 e. The molecule has 29 heavy (non-hydrogen) atoms. The molecule has 2 aromatic rings. The summed E-state index contributed by atoms with van der Waals surface area (Å²) < 4.78 is 1.83. The van der Waals surface area contributed by atoms with Crippen LogP contribution in [0.1, 0.15) is 56.2 Å². The Kier molecular flexibility index (Phi) is 6.25. The Morgan fingerprint density at radius 2 is 1.90 bits per heavy atom. The van der Waals surface area contributed by atoms with E-state index in [0.717, 1.165) is 29.3 Å². The maximum absolute atomic E-state index is 11.6. The summed E-state index contributed by atoms with van der Waals surface area (Å²) in [7, 11) is 0. The van der Waals surface area contributed by atoms with Crippen LogP contribution >= 0.6 is 0 Å². The molecule has 1 saturated heterocycles. The molecular formula is C22H31N5O2. The molecule has 1 saturated carbocycles. The number of nitrogens with zero attached hydrogens (tertiary/aromatic N) is 4. The minimum Gasteiger partial charge on any atom is -0.391 e. The van der Waals surface area contributed by atoms with Gasteiger partial charge in [0.05, 0.1) is 23.7 Å². The molecular weight excluding hydrogens is 366 g/mol. The SMILES string of the molecule is NC(=O)[C@@H]1[C@@H](O)CCN1Cc1ccc(-n2cc(CCC3CCCCC3)nn2)cc1. The van der Waals surface area contributed by atoms with Gasteiger partial charge in [0.25, 0.3) is 0 Å². The van der Waals surface area contributed by atoms with E-state index < -0.39 is 18.1 Å². The highest BCUT2D eigenvalue weighted by Crippen LogP contribution is 2.27. The van der Waals surface area contributed by atoms with Crippen molar-refractivity contribution in [2.45, 2.75) is 70.1 Å². The fraction of sp³-hybridized carbons (Fsp3) is 0.591. The molecule has 2 atom stereocenters. The van der Waals surface area contributed by atoms with E-state index in [1.165, 1.54) is 38.5 Å². The fourth-order valence-corrected chi connectivity index (χ4v) is 4.74. The van der Waals surface area contributed by atoms with Crippen LogP contribution in [-0.2, 0) is 17.8 Å². The van der Waals surface area contributed by atoms with Gasteiger partial charge in [-0.25, -0.2) is 4.68 Å². The number of carbonyl (C=O) groups excluding carboxylic acids is 1. The summed E-state index contributed by atoms with van der Waals surface area (Å²) in [6, 6.07) is 7.49. The lowest BCUT2D eigenvalue weighted by atomic mass is 9.86. The van der Waals surface area contributed by atoms with E-state index >= 15 is 0 Å². The maximum atomic E-state index is 11.6. The molecule has 0 bridgehead atoms. The van der Waals surface area contributed by atoms with Gasteiger partial charge in [-0.15, -0.1) is 5.10 Å². The standard InChI is InChI=1S/C22H31N5O2/c23-22(29)21-20(28)12-13-26(21)14-17-7-10-19(11-8-17)27-15-18(24-25-27)9-6-16-4-2-1-3-5-16/h7-8,10-11,15-16,20-21,28H,1-6,9,12-14H2,(H2,23,29)/t20-,21-/m0/s1. The van der Waals surface area contributed by atoms with Crippen molar-refractivity contribution in [2.75, 3.05) is 6.54 Å². The topological polar surface area (TPSA) is 97.3 Å². The normalized spacial score (nSPS) is 23.5. The molecule has 0 unspecified atom stereocenters. The summed E-state index contributed by atoms with van der Waals surface area (Å²) >= 11 is 0. The highest BCUT2D eigenvalue weighted by Gasteiger charge is 2.36. The number of aromatic nitrogens is 3. The summed E-state index contributed by atoms with van der Waals surface area (Å²) in [5, 5.41) is 18.6. The summed E-state index contributed by atoms with van der Waals surface area (Å²) in [6.45, 7) is 1.26. The number of aliphatic hydroxyl groups is 1. The Hall–Kier alpha value is -2.25. The first kappa shape index (κ1) is 20.0. The van der Waals surface area contributed by atoms with Crippen molar-refractivity contribution in [3.05, 3.63) is 41.7 Å². The van der Waals surface area contributed by atoms with E-state index in [0.29, 0.717) is 19.5 Å². The molecule has 0 spiro atoms. The zero-order valence-electron chi connectivity index (χ0n) is 16.9. The number of amides is 1. The molecule has 7 nitrogen and oxygen atoms in total. The van der Waals surface area contributed by atoms with Gasteiger partial charge in [0.1, 0.15) is 6.04 Å². The molecule has 7 heteroatoms. The van der Waals surface area contributed by atoms with Gasteiger partial charge >= 0.3 is 0 Å². The van der Waals surface area contributed by atoms with Crippen LogP contribution in [0.2, 0.25) is 0 Å². The molecule has 3 N–H and O–H groups in total. The van der Waals surface area contributed by atoms with E-state index in [4.69, 9.17) is 5.73 Å². The second kappa shape index (κ2) is 9.05. The van der Waals surface area contributed by atoms with Gasteiger partial charge in [0.2, 0.25) is 5.91 Å². The number of hydrogen-bond acceptors (Lipinski definition) is 5. The van der Waals surface area contributed by atoms with E-state index in [9.17, 15) is 9.90 Å². The van der Waals surface area contributed by atoms with Gasteiger partial charge in [-0.05, 0) is 42.9 Å². The summed E-state index contributed by atoms with van der Waals surface area (Å²) in [5.74, 6) is 0.386. The van der Waals surface area contributed by atoms with Gasteiger partial charge in [-0.1, -0.05) is 49.5 Å². The molecule has 1 amide bonds. The second-order valence-electron chi connectivity index (χ2n) is 8.54. The number of likely N-dealkylation sites (tertiary alicyclic amines) is 1. The van der Waals surface area contributed by atoms with Crippen LogP contribution in [-0.4, -0.2) is 49.6 Å². The average molecular weight is 398 g/mol. The molecule has 2 fully saturated rings. The van der Waals surface area contributed by atoms with Crippen LogP contribution < -0.4 is 5.73 Å². The number of hydrogen-bond donors (Lipinski definition) is 2. The average Bonchev–Trinajstić information content (AvgIpc) is 3.34. The minimum absolute atomic E-state index is 0.463. The number of aryl methyl sites for hydroxylation is 1. The molecule has 156 valence electrons. The lowest BCUT2D eigenvalue weighted by molar-refractivity contribution is -0.124. The van der Waals surface area contributed by atoms with Crippen molar-refractivity contribution < 1.29 is 9.90 Å². The number of rotatable bonds is 7. The van der Waals surface area contributed by atoms with E-state index in [1.54, 1.807) is 0 Å². The number of nitrogens with two attached hydrogens (primary N) is 1. The molecule has 1 aliphatic heterocycles. The first-order chi connectivity index (χ1) is 14.1. The number of aliphatic hydroxyl groups excluding tert-OH is 1. The van der Waals surface area contributed by atoms with E-state index in [2.05, 4.69) is 10.3 Å². The van der Waals surface area contributed by atoms with Crippen molar-refractivity contribution in [1.29, 1.82) is 0 Å². The van der Waals surface area contributed by atoms with Crippen molar-refractivity contribution in [2.24, 2.45) is 11.7 Å². The van der Waals surface area contributed by atoms with E-state index in [-0.39, 0.29) is 0 Å². The largest absolute Gasteiger partial charge is 0.391 e. The molecule has 1 aromatic carbocycles. The van der Waals surface area contributed by atoms with Crippen LogP contribution in [0.5, 0.6) is 0 Å². The van der Waals surface area contributed by atoms with Gasteiger partial charge in [0, 0.05) is 13.1 Å². The van der Waals surface area contributed by atoms with Gasteiger partial charge in [-0.3, -0.25) is 9.69 Å². The Balaban J connectivity index is 1.34. The first-order valence-corrected chi connectivity index (χ1v) is 10.8. The monoisotopic (exact) mass is 397 g/mol. The number of carbonyl (C=O) groups is 1. The third kappa shape index (κ3) is 4.85. The summed E-state index contributed by atoms with van der Waals surface area (Å²) in [4.78, 5) is 13.6. The van der Waals surface area contributed by atoms with Gasteiger partial charge in [0.15, 0.2) is 0 Å². The minimum atomic E-state index is -0.672. The second-order valence-corrected chi connectivity index (χ2v) is 8.54. The van der Waals surface area contributed by atoms with Crippen LogP contribution in [0.3, 0.4) is 0 Å². The lowest BCUT2D eigenvalue weighted by Gasteiger charge is -2.23. The van der Waals surface area contributed by atoms with E-state index in [1.807, 2.05) is 40.0 Å². The fourth-order valence-electron chi connectivity index (χ4n) is 4.74. The Morgan fingerprint density at radius 3 is 2.62 bits per heavy atom. The molecule has 1 aromatic heterocycles. The quantitative estimate of drug-likeness (QED) is 0.746. The third-order valence-electron chi connectivity index (χ3n) is 6.42. The van der Waals surface area contributed by atoms with Crippen molar-refractivity contribution in [3.63, 3.8) is 0 Å². The van der Waals surface area contributed by atoms with Gasteiger partial charge in [-0.2, -0.15) is 0 Å². The molecule has 2 aliphatic rings. The first-order valence-electron chi connectivity index (χ1n) is 10.8. The van der Waals surface area contributed by atoms with Crippen molar-refractivity contribution in [1.82, 2.24) is 19.9 Å². The highest BCUT2D eigenvalue weighted by atomic mass is 16.3. The van der Waals surface area contributed by atoms with Crippen molar-refractivity contribution in [3.8, 4) is 5.69 Å². The molecule has 0 radical (unpaired) electrons. The predicted octanol–water partition coefficient (Wildman–Crippen LogP) is 2.20. The third-order valence-corrected chi connectivity index (χ3v) is 6.42. The van der Waals surface area contributed by atoms with Gasteiger partial charge < -0.3 is 10.8 Å². The van der Waals surface area contributed by atoms with Crippen LogP contribution in [0.4, 0.5) is 0 Å². The number of primary amides is 1. The van der Waals surface area contributed by atoms with Crippen LogP contribution in [0.15, 0.2) is 30.5 Å².